The van der Waals surface area contributed by atoms with E-state index in [1.54, 1.807) is 12.3 Å². The molecule has 0 amide bonds. The van der Waals surface area contributed by atoms with Crippen molar-refractivity contribution in [2.75, 3.05) is 6.26 Å². The van der Waals surface area contributed by atoms with Crippen LogP contribution in [0.2, 0.25) is 0 Å². The average molecular weight is 311 g/mol. The zero-order chi connectivity index (χ0) is 15.9. The lowest BCUT2D eigenvalue weighted by Gasteiger charge is -2.06. The maximum atomic E-state index is 13.4. The summed E-state index contributed by atoms with van der Waals surface area (Å²) in [5.41, 5.74) is 5.87. The van der Waals surface area contributed by atoms with Crippen LogP contribution >= 0.6 is 0 Å². The first kappa shape index (κ1) is 15.1. The molecule has 1 nitrogen and oxygen atoms in total. The number of benzene rings is 2. The van der Waals surface area contributed by atoms with E-state index in [9.17, 15) is 8.94 Å². The maximum absolute atomic E-state index is 13.4. The van der Waals surface area contributed by atoms with Crippen LogP contribution in [-0.4, -0.2) is 10.8 Å². The van der Waals surface area contributed by atoms with Gasteiger partial charge in [-0.15, -0.1) is 0 Å². The molecule has 0 heterocycles. The van der Waals surface area contributed by atoms with Gasteiger partial charge >= 0.3 is 0 Å². The molecule has 0 saturated carbocycles. The smallest absolute Gasteiger partial charge is 0.152 e. The molecular weight excluding hydrogens is 295 g/mol. The lowest BCUT2D eigenvalue weighted by molar-refractivity contribution is 0.601. The van der Waals surface area contributed by atoms with Crippen LogP contribution in [0, 0.1) is 12.7 Å². The summed E-state index contributed by atoms with van der Waals surface area (Å²) in [6.07, 6.45) is 3.73. The van der Waals surface area contributed by atoms with E-state index < -0.39 is 11.2 Å². The van der Waals surface area contributed by atoms with Gasteiger partial charge in [0.15, 0.2) is 4.90 Å². The average Bonchev–Trinajstić information content (AvgIpc) is 2.73. The Morgan fingerprint density at radius 1 is 1.09 bits per heavy atom. The predicted molar refractivity (Wildman–Crippen MR) is 91.0 cm³/mol. The monoisotopic (exact) mass is 311 g/mol. The molecule has 1 aliphatic rings. The summed E-state index contributed by atoms with van der Waals surface area (Å²) in [4.78, 5) is 0.807. The fourth-order valence-electron chi connectivity index (χ4n) is 2.68. The Balaban J connectivity index is 2.05. The van der Waals surface area contributed by atoms with Gasteiger partial charge in [-0.1, -0.05) is 6.07 Å². The van der Waals surface area contributed by atoms with Gasteiger partial charge in [0.1, 0.15) is 12.1 Å². The molecule has 0 saturated heterocycles. The van der Waals surface area contributed by atoms with Crippen molar-refractivity contribution in [1.29, 1.82) is 0 Å². The van der Waals surface area contributed by atoms with Crippen LogP contribution in [0.5, 0.6) is 0 Å². The first-order valence-corrected chi connectivity index (χ1v) is 8.52. The van der Waals surface area contributed by atoms with Crippen molar-refractivity contribution in [3.05, 3.63) is 77.5 Å². The molecule has 1 aliphatic carbocycles. The van der Waals surface area contributed by atoms with Crippen LogP contribution in [0.15, 0.2) is 52.9 Å². The second-order valence-electron chi connectivity index (χ2n) is 5.37. The second-order valence-corrected chi connectivity index (χ2v) is 6.75. The highest BCUT2D eigenvalue weighted by Gasteiger charge is 2.21. The molecule has 0 fully saturated rings. The number of halogens is 1. The van der Waals surface area contributed by atoms with Crippen LogP contribution in [0.3, 0.4) is 0 Å². The van der Waals surface area contributed by atoms with Crippen molar-refractivity contribution in [2.24, 2.45) is 0 Å². The van der Waals surface area contributed by atoms with Crippen LogP contribution < -0.4 is 0 Å². The van der Waals surface area contributed by atoms with Gasteiger partial charge in [0.25, 0.3) is 0 Å². The number of allylic oxidation sites excluding steroid dienone is 3. The Hall–Kier alpha value is -1.84. The third-order valence-corrected chi connectivity index (χ3v) is 4.91. The molecular formula is C19H16FOS. The highest BCUT2D eigenvalue weighted by Crippen LogP contribution is 2.41. The number of hydrogen-bond acceptors (Lipinski definition) is 1. The summed E-state index contributed by atoms with van der Waals surface area (Å²) in [6.45, 7) is 6.06. The Morgan fingerprint density at radius 3 is 2.41 bits per heavy atom. The molecule has 2 aromatic rings. The summed E-state index contributed by atoms with van der Waals surface area (Å²) in [5.74, 6) is -0.247. The normalized spacial score (nSPS) is 17.0. The maximum Gasteiger partial charge on any atom is 0.152 e. The number of rotatable bonds is 2. The molecule has 1 atom stereocenters. The van der Waals surface area contributed by atoms with E-state index in [-0.39, 0.29) is 5.82 Å². The van der Waals surface area contributed by atoms with Crippen LogP contribution in [0.25, 0.3) is 17.2 Å². The molecule has 111 valence electrons. The van der Waals surface area contributed by atoms with E-state index in [1.807, 2.05) is 31.2 Å². The van der Waals surface area contributed by atoms with Crippen molar-refractivity contribution in [2.45, 2.75) is 11.8 Å². The fraction of sp³-hybridized carbons (Fsp3) is 0.105. The Morgan fingerprint density at radius 2 is 1.77 bits per heavy atom. The molecule has 2 aromatic carbocycles. The van der Waals surface area contributed by atoms with Crippen molar-refractivity contribution in [1.82, 2.24) is 0 Å². The van der Waals surface area contributed by atoms with Crippen molar-refractivity contribution in [3.63, 3.8) is 0 Å². The molecule has 1 unspecified atom stereocenters. The van der Waals surface area contributed by atoms with Gasteiger partial charge in [0.05, 0.1) is 0 Å². The summed E-state index contributed by atoms with van der Waals surface area (Å²) < 4.78 is 24.9. The minimum atomic E-state index is -0.974. The van der Waals surface area contributed by atoms with Gasteiger partial charge in [0, 0.05) is 0 Å². The summed E-state index contributed by atoms with van der Waals surface area (Å²) in [5, 5.41) is 0. The number of fused-ring (bicyclic) bond motifs is 1. The number of hydrogen-bond donors (Lipinski definition) is 0. The molecule has 0 spiro atoms. The third kappa shape index (κ3) is 2.62. The molecule has 0 aromatic heterocycles. The van der Waals surface area contributed by atoms with Crippen molar-refractivity contribution in [3.8, 4) is 0 Å². The Kier molecular flexibility index (Phi) is 3.94. The standard InChI is InChI=1S/C19H16FOS/c1-12-13(2)19-11-15(20)6-9-17(19)18(12)10-14-4-7-16(8-5-14)22(3)21/h4-11H,2H2,1,3H3/b18-10-. The zero-order valence-electron chi connectivity index (χ0n) is 12.5. The third-order valence-electron chi connectivity index (χ3n) is 3.98. The highest BCUT2D eigenvalue weighted by atomic mass is 32.2. The van der Waals surface area contributed by atoms with Gasteiger partial charge in [-0.3, -0.25) is 0 Å². The van der Waals surface area contributed by atoms with Gasteiger partial charge < -0.3 is 4.55 Å². The van der Waals surface area contributed by atoms with Crippen LogP contribution in [-0.2, 0) is 11.2 Å². The SMILES string of the molecule is [CH2]C1=C(C)/C(=C/c2ccc([S+](C)[O-])cc2)c2ccc(F)cc21. The molecule has 0 aliphatic heterocycles. The second kappa shape index (κ2) is 5.75. The van der Waals surface area contributed by atoms with Crippen molar-refractivity contribution >= 4 is 28.4 Å². The first-order chi connectivity index (χ1) is 10.5. The van der Waals surface area contributed by atoms with E-state index in [1.165, 1.54) is 12.1 Å². The predicted octanol–water partition coefficient (Wildman–Crippen LogP) is 4.72. The first-order valence-electron chi connectivity index (χ1n) is 6.96. The molecule has 22 heavy (non-hydrogen) atoms. The van der Waals surface area contributed by atoms with Crippen LogP contribution in [0.1, 0.15) is 23.6 Å². The Bertz CT molecular complexity index is 786. The quantitative estimate of drug-likeness (QED) is 0.736. The lowest BCUT2D eigenvalue weighted by atomic mass is 10.0. The van der Waals surface area contributed by atoms with Gasteiger partial charge in [-0.05, 0) is 101 Å². The van der Waals surface area contributed by atoms with Gasteiger partial charge in [-0.2, -0.15) is 0 Å². The van der Waals surface area contributed by atoms with Crippen molar-refractivity contribution < 1.29 is 8.94 Å². The highest BCUT2D eigenvalue weighted by molar-refractivity contribution is 7.90. The van der Waals surface area contributed by atoms with E-state index >= 15 is 0 Å². The van der Waals surface area contributed by atoms with E-state index in [0.29, 0.717) is 0 Å². The summed E-state index contributed by atoms with van der Waals surface area (Å²) in [7, 11) is 0. The molecule has 1 radical (unpaired) electrons. The van der Waals surface area contributed by atoms with E-state index in [4.69, 9.17) is 0 Å². The molecule has 0 N–H and O–H groups in total. The summed E-state index contributed by atoms with van der Waals surface area (Å²) in [6, 6.07) is 12.4. The van der Waals surface area contributed by atoms with E-state index in [0.717, 1.165) is 38.3 Å². The minimum Gasteiger partial charge on any atom is -0.612 e. The fourth-order valence-corrected chi connectivity index (χ4v) is 3.20. The minimum absolute atomic E-state index is 0.247. The van der Waals surface area contributed by atoms with Gasteiger partial charge in [-0.25, -0.2) is 4.39 Å². The molecule has 3 rings (SSSR count). The summed E-state index contributed by atoms with van der Waals surface area (Å²) >= 11 is -0.974. The topological polar surface area (TPSA) is 23.1 Å². The van der Waals surface area contributed by atoms with Crippen LogP contribution in [0.4, 0.5) is 4.39 Å². The Labute approximate surface area is 133 Å². The van der Waals surface area contributed by atoms with Gasteiger partial charge in [0.2, 0.25) is 0 Å². The molecule has 3 heteroatoms. The zero-order valence-corrected chi connectivity index (χ0v) is 13.3. The molecule has 0 bridgehead atoms. The lowest BCUT2D eigenvalue weighted by Crippen LogP contribution is -1.96. The largest absolute Gasteiger partial charge is 0.612 e. The van der Waals surface area contributed by atoms with E-state index in [2.05, 4.69) is 13.0 Å².